The number of aryl methyl sites for hydroxylation is 1. The Morgan fingerprint density at radius 2 is 1.79 bits per heavy atom. The highest BCUT2D eigenvalue weighted by Crippen LogP contribution is 2.25. The van der Waals surface area contributed by atoms with Gasteiger partial charge in [0.05, 0.1) is 0 Å². The molecule has 0 aliphatic rings. The van der Waals surface area contributed by atoms with E-state index in [1.54, 1.807) is 6.07 Å². The maximum Gasteiger partial charge on any atom is 0.159 e. The van der Waals surface area contributed by atoms with Crippen LogP contribution in [0.2, 0.25) is 0 Å². The van der Waals surface area contributed by atoms with E-state index in [1.165, 1.54) is 6.07 Å². The largest absolute Gasteiger partial charge is 0.378 e. The Balaban J connectivity index is 2.20. The second kappa shape index (κ2) is 5.70. The van der Waals surface area contributed by atoms with E-state index >= 15 is 0 Å². The molecule has 19 heavy (non-hydrogen) atoms. The van der Waals surface area contributed by atoms with Gasteiger partial charge in [-0.1, -0.05) is 22.0 Å². The van der Waals surface area contributed by atoms with Crippen molar-refractivity contribution >= 4 is 21.6 Å². The molecule has 4 heteroatoms. The molecule has 2 aromatic carbocycles. The molecule has 2 rings (SSSR count). The van der Waals surface area contributed by atoms with Crippen LogP contribution in [0, 0.1) is 18.6 Å². The Morgan fingerprint density at radius 3 is 2.42 bits per heavy atom. The lowest BCUT2D eigenvalue weighted by atomic mass is 10.1. The standard InChI is InChI=1S/C15H14BrF2N/c1-9-7-12(16)4-6-15(9)19-10(2)11-3-5-13(17)14(18)8-11/h3-8,10,19H,1-2H3. The molecule has 0 amide bonds. The molecular weight excluding hydrogens is 312 g/mol. The van der Waals surface area contributed by atoms with Gasteiger partial charge in [-0.15, -0.1) is 0 Å². The summed E-state index contributed by atoms with van der Waals surface area (Å²) < 4.78 is 27.1. The third kappa shape index (κ3) is 3.32. The first-order valence-corrected chi connectivity index (χ1v) is 6.74. The van der Waals surface area contributed by atoms with Gasteiger partial charge in [-0.25, -0.2) is 8.78 Å². The Morgan fingerprint density at radius 1 is 1.05 bits per heavy atom. The monoisotopic (exact) mass is 325 g/mol. The molecule has 0 saturated carbocycles. The van der Waals surface area contributed by atoms with E-state index in [1.807, 2.05) is 32.0 Å². The Hall–Kier alpha value is -1.42. The molecule has 1 N–H and O–H groups in total. The molecule has 0 heterocycles. The number of halogens is 3. The van der Waals surface area contributed by atoms with Crippen molar-refractivity contribution in [3.05, 3.63) is 63.6 Å². The predicted octanol–water partition coefficient (Wildman–Crippen LogP) is 5.21. The highest BCUT2D eigenvalue weighted by atomic mass is 79.9. The van der Waals surface area contributed by atoms with Gasteiger partial charge >= 0.3 is 0 Å². The van der Waals surface area contributed by atoms with Crippen molar-refractivity contribution in [1.29, 1.82) is 0 Å². The Bertz CT molecular complexity index is 599. The summed E-state index contributed by atoms with van der Waals surface area (Å²) in [5, 5.41) is 3.29. The van der Waals surface area contributed by atoms with Crippen LogP contribution in [0.3, 0.4) is 0 Å². The van der Waals surface area contributed by atoms with Crippen molar-refractivity contribution in [2.75, 3.05) is 5.32 Å². The minimum atomic E-state index is -0.823. The van der Waals surface area contributed by atoms with E-state index in [9.17, 15) is 8.78 Å². The van der Waals surface area contributed by atoms with Gasteiger partial charge < -0.3 is 5.32 Å². The van der Waals surface area contributed by atoms with Crippen molar-refractivity contribution in [2.24, 2.45) is 0 Å². The van der Waals surface area contributed by atoms with Crippen molar-refractivity contribution in [3.63, 3.8) is 0 Å². The van der Waals surface area contributed by atoms with E-state index in [0.29, 0.717) is 5.56 Å². The van der Waals surface area contributed by atoms with Crippen LogP contribution in [0.1, 0.15) is 24.1 Å². The molecule has 0 radical (unpaired) electrons. The van der Waals surface area contributed by atoms with E-state index in [2.05, 4.69) is 21.2 Å². The van der Waals surface area contributed by atoms with Crippen LogP contribution in [0.15, 0.2) is 40.9 Å². The van der Waals surface area contributed by atoms with Gasteiger partial charge in [-0.2, -0.15) is 0 Å². The van der Waals surface area contributed by atoms with E-state index in [4.69, 9.17) is 0 Å². The molecule has 100 valence electrons. The highest BCUT2D eigenvalue weighted by molar-refractivity contribution is 9.10. The molecule has 0 fully saturated rings. The maximum atomic E-state index is 13.2. The quantitative estimate of drug-likeness (QED) is 0.816. The number of hydrogen-bond donors (Lipinski definition) is 1. The van der Waals surface area contributed by atoms with Gasteiger partial charge in [0.2, 0.25) is 0 Å². The number of anilines is 1. The normalized spacial score (nSPS) is 12.3. The number of rotatable bonds is 3. The van der Waals surface area contributed by atoms with Gasteiger partial charge in [0.15, 0.2) is 11.6 Å². The minimum absolute atomic E-state index is 0.102. The molecule has 0 bridgehead atoms. The summed E-state index contributed by atoms with van der Waals surface area (Å²) >= 11 is 3.41. The van der Waals surface area contributed by atoms with Crippen LogP contribution in [0.5, 0.6) is 0 Å². The molecule has 0 saturated heterocycles. The lowest BCUT2D eigenvalue weighted by Crippen LogP contribution is -2.08. The first kappa shape index (κ1) is 14.0. The average Bonchev–Trinajstić information content (AvgIpc) is 2.36. The SMILES string of the molecule is Cc1cc(Br)ccc1NC(C)c1ccc(F)c(F)c1. The molecule has 1 atom stereocenters. The number of benzene rings is 2. The smallest absolute Gasteiger partial charge is 0.159 e. The number of nitrogens with one attached hydrogen (secondary N) is 1. The van der Waals surface area contributed by atoms with Gasteiger partial charge in [0, 0.05) is 16.2 Å². The number of hydrogen-bond acceptors (Lipinski definition) is 1. The molecular formula is C15H14BrF2N. The summed E-state index contributed by atoms with van der Waals surface area (Å²) in [5.74, 6) is -1.64. The third-order valence-corrected chi connectivity index (χ3v) is 3.50. The van der Waals surface area contributed by atoms with Crippen molar-refractivity contribution < 1.29 is 8.78 Å². The summed E-state index contributed by atoms with van der Waals surface area (Å²) in [6.45, 7) is 3.90. The fourth-order valence-electron chi connectivity index (χ4n) is 1.89. The fraction of sp³-hybridized carbons (Fsp3) is 0.200. The van der Waals surface area contributed by atoms with Gasteiger partial charge in [0.1, 0.15) is 0 Å². The van der Waals surface area contributed by atoms with Crippen LogP contribution in [-0.2, 0) is 0 Å². The Labute approximate surface area is 119 Å². The van der Waals surface area contributed by atoms with Gasteiger partial charge in [-0.3, -0.25) is 0 Å². The molecule has 1 nitrogen and oxygen atoms in total. The van der Waals surface area contributed by atoms with Crippen molar-refractivity contribution in [1.82, 2.24) is 0 Å². The summed E-state index contributed by atoms with van der Waals surface area (Å²) in [6.07, 6.45) is 0. The van der Waals surface area contributed by atoms with Crippen LogP contribution in [0.4, 0.5) is 14.5 Å². The molecule has 2 aromatic rings. The van der Waals surface area contributed by atoms with E-state index < -0.39 is 11.6 Å². The Kier molecular flexibility index (Phi) is 4.20. The lowest BCUT2D eigenvalue weighted by molar-refractivity contribution is 0.506. The predicted molar refractivity (Wildman–Crippen MR) is 77.3 cm³/mol. The summed E-state index contributed by atoms with van der Waals surface area (Å²) in [7, 11) is 0. The van der Waals surface area contributed by atoms with Crippen molar-refractivity contribution in [2.45, 2.75) is 19.9 Å². The second-order valence-electron chi connectivity index (χ2n) is 4.50. The minimum Gasteiger partial charge on any atom is -0.378 e. The zero-order valence-corrected chi connectivity index (χ0v) is 12.3. The summed E-state index contributed by atoms with van der Waals surface area (Å²) in [6, 6.07) is 9.75. The topological polar surface area (TPSA) is 12.0 Å². The zero-order chi connectivity index (χ0) is 14.0. The molecule has 0 aromatic heterocycles. The molecule has 0 aliphatic carbocycles. The van der Waals surface area contributed by atoms with Crippen LogP contribution < -0.4 is 5.32 Å². The van der Waals surface area contributed by atoms with Crippen LogP contribution in [0.25, 0.3) is 0 Å². The fourth-order valence-corrected chi connectivity index (χ4v) is 2.36. The zero-order valence-electron chi connectivity index (χ0n) is 10.7. The van der Waals surface area contributed by atoms with Crippen LogP contribution >= 0.6 is 15.9 Å². The highest BCUT2D eigenvalue weighted by Gasteiger charge is 2.10. The van der Waals surface area contributed by atoms with Gasteiger partial charge in [0.25, 0.3) is 0 Å². The summed E-state index contributed by atoms with van der Waals surface area (Å²) in [4.78, 5) is 0. The maximum absolute atomic E-state index is 13.2. The average molecular weight is 326 g/mol. The lowest BCUT2D eigenvalue weighted by Gasteiger charge is -2.17. The second-order valence-corrected chi connectivity index (χ2v) is 5.41. The molecule has 1 unspecified atom stereocenters. The molecule has 0 aliphatic heterocycles. The molecule has 0 spiro atoms. The van der Waals surface area contributed by atoms with Crippen molar-refractivity contribution in [3.8, 4) is 0 Å². The first-order valence-electron chi connectivity index (χ1n) is 5.95. The van der Waals surface area contributed by atoms with E-state index in [-0.39, 0.29) is 6.04 Å². The third-order valence-electron chi connectivity index (χ3n) is 3.00. The first-order chi connectivity index (χ1) is 8.97. The summed E-state index contributed by atoms with van der Waals surface area (Å²) in [5.41, 5.74) is 2.77. The van der Waals surface area contributed by atoms with Gasteiger partial charge in [-0.05, 0) is 55.3 Å². The van der Waals surface area contributed by atoms with Crippen LogP contribution in [-0.4, -0.2) is 0 Å². The van der Waals surface area contributed by atoms with E-state index in [0.717, 1.165) is 21.8 Å².